The molecule has 5 aliphatic rings. The molecule has 0 aliphatic carbocycles. The number of alkyl halides is 4. The molecule has 0 radical (unpaired) electrons. The van der Waals surface area contributed by atoms with E-state index in [0.29, 0.717) is 32.2 Å². The molecule has 0 bridgehead atoms. The Morgan fingerprint density at radius 3 is 2.44 bits per heavy atom. The summed E-state index contributed by atoms with van der Waals surface area (Å²) in [6.45, 7) is 6.38. The number of carbonyl (C=O) groups is 2. The number of nitrogens with one attached hydrogen (secondary N) is 5. The van der Waals surface area contributed by atoms with E-state index < -0.39 is 18.5 Å². The molecule has 10 nitrogen and oxygen atoms in total. The highest BCUT2D eigenvalue weighted by atomic mass is 35.5. The summed E-state index contributed by atoms with van der Waals surface area (Å²) < 4.78 is 47.7. The van der Waals surface area contributed by atoms with Gasteiger partial charge in [-0.2, -0.15) is 0 Å². The van der Waals surface area contributed by atoms with Crippen LogP contribution in [0.5, 0.6) is 0 Å². The molecule has 0 saturated carbocycles. The molecule has 0 spiro atoms. The van der Waals surface area contributed by atoms with Crippen LogP contribution in [0.3, 0.4) is 0 Å². The summed E-state index contributed by atoms with van der Waals surface area (Å²) in [4.78, 5) is 28.7. The molecule has 15 heteroatoms. The molecule has 5 fully saturated rings. The van der Waals surface area contributed by atoms with Crippen molar-refractivity contribution in [3.63, 3.8) is 0 Å². The predicted octanol–water partition coefficient (Wildman–Crippen LogP) is 1.21. The smallest absolute Gasteiger partial charge is 0.380 e. The summed E-state index contributed by atoms with van der Waals surface area (Å²) in [5, 5.41) is 16.3. The van der Waals surface area contributed by atoms with Gasteiger partial charge in [0.25, 0.3) is 0 Å². The van der Waals surface area contributed by atoms with Crippen LogP contribution in [0.25, 0.3) is 0 Å². The van der Waals surface area contributed by atoms with Crippen LogP contribution in [0.2, 0.25) is 0 Å². The highest BCUT2D eigenvalue weighted by molar-refractivity contribution is 8.00. The van der Waals surface area contributed by atoms with Gasteiger partial charge in [-0.3, -0.25) is 30.3 Å². The van der Waals surface area contributed by atoms with Crippen LogP contribution < -0.4 is 26.6 Å². The van der Waals surface area contributed by atoms with Crippen LogP contribution in [0.4, 0.5) is 13.2 Å². The lowest BCUT2D eigenvalue weighted by Crippen LogP contribution is -2.57. The van der Waals surface area contributed by atoms with Gasteiger partial charge < -0.3 is 20.3 Å². The predicted molar refractivity (Wildman–Crippen MR) is 149 cm³/mol. The molecule has 41 heavy (non-hydrogen) atoms. The summed E-state index contributed by atoms with van der Waals surface area (Å²) in [5.41, 5.74) is -0.392. The first-order valence-electron chi connectivity index (χ1n) is 14.5. The molecule has 5 saturated heterocycles. The van der Waals surface area contributed by atoms with Gasteiger partial charge in [0.2, 0.25) is 11.8 Å². The van der Waals surface area contributed by atoms with Crippen molar-refractivity contribution < 1.29 is 32.2 Å². The number of nitrogens with zero attached hydrogens (tertiary/aromatic N) is 1. The highest BCUT2D eigenvalue weighted by Gasteiger charge is 2.48. The van der Waals surface area contributed by atoms with E-state index in [1.807, 2.05) is 0 Å². The van der Waals surface area contributed by atoms with Gasteiger partial charge in [0, 0.05) is 57.2 Å². The standard InChI is InChI=1S/C26H42ClF3N6O4S/c1-12-4-22(40-26(28,29)30)33-7-16(12)24(38)36-10-18-20(11-36)41-25(34-18)35-23(37)17-8-31-13(2)5-14(17)15-6-21(27)32-9-19(15)39-3/h12-22,25,31-34H,4-11H2,1-3H3,(H,35,37). The van der Waals surface area contributed by atoms with Crippen LogP contribution in [-0.4, -0.2) is 104 Å². The lowest BCUT2D eigenvalue weighted by Gasteiger charge is -2.45. The summed E-state index contributed by atoms with van der Waals surface area (Å²) in [6.07, 6.45) is -4.12. The normalized spacial score (nSPS) is 43.5. The first kappa shape index (κ1) is 31.6. The number of hydrogen-bond donors (Lipinski definition) is 5. The SMILES string of the molecule is COC1CNC(Cl)CC1C1CC(C)NCC1C(=O)NC1NC2CN(C(=O)C3CNC(OC(F)(F)F)CC3C)CC2S1. The Kier molecular flexibility index (Phi) is 10.0. The lowest BCUT2D eigenvalue weighted by atomic mass is 9.70. The van der Waals surface area contributed by atoms with E-state index in [1.165, 1.54) is 0 Å². The second-order valence-electron chi connectivity index (χ2n) is 12.2. The van der Waals surface area contributed by atoms with Crippen molar-refractivity contribution in [2.24, 2.45) is 29.6 Å². The van der Waals surface area contributed by atoms with Gasteiger partial charge in [0.15, 0.2) is 0 Å². The zero-order chi connectivity index (χ0) is 29.5. The van der Waals surface area contributed by atoms with E-state index >= 15 is 0 Å². The third-order valence-electron chi connectivity index (χ3n) is 9.47. The van der Waals surface area contributed by atoms with Gasteiger partial charge >= 0.3 is 6.36 Å². The first-order valence-corrected chi connectivity index (χ1v) is 15.9. The number of piperidine rings is 3. The molecular weight excluding hydrogens is 585 g/mol. The number of halogens is 4. The Hall–Kier alpha value is -0.870. The van der Waals surface area contributed by atoms with E-state index in [0.717, 1.165) is 12.8 Å². The maximum atomic E-state index is 13.6. The molecule has 5 N–H and O–H groups in total. The number of methoxy groups -OCH3 is 1. The molecule has 0 aromatic carbocycles. The number of carbonyl (C=O) groups excluding carboxylic acids is 2. The van der Waals surface area contributed by atoms with E-state index in [9.17, 15) is 22.8 Å². The summed E-state index contributed by atoms with van der Waals surface area (Å²) in [6, 6.07) is 0.333. The number of ether oxygens (including phenoxy) is 2. The van der Waals surface area contributed by atoms with Crippen molar-refractivity contribution in [3.05, 3.63) is 0 Å². The van der Waals surface area contributed by atoms with Crippen LogP contribution in [-0.2, 0) is 19.1 Å². The second kappa shape index (κ2) is 13.0. The fourth-order valence-corrected chi connectivity index (χ4v) is 9.01. The minimum atomic E-state index is -4.71. The Bertz CT molecular complexity index is 941. The number of likely N-dealkylation sites (tertiary alicyclic amines) is 1. The molecule has 5 rings (SSSR count). The Morgan fingerprint density at radius 1 is 1.00 bits per heavy atom. The minimum Gasteiger partial charge on any atom is -0.380 e. The average Bonchev–Trinajstić information content (AvgIpc) is 3.46. The summed E-state index contributed by atoms with van der Waals surface area (Å²) >= 11 is 8.07. The van der Waals surface area contributed by atoms with Crippen molar-refractivity contribution in [3.8, 4) is 0 Å². The van der Waals surface area contributed by atoms with Crippen LogP contribution in [0.1, 0.15) is 33.1 Å². The second-order valence-corrected chi connectivity index (χ2v) is 14.1. The zero-order valence-corrected chi connectivity index (χ0v) is 25.2. The third kappa shape index (κ3) is 7.44. The van der Waals surface area contributed by atoms with E-state index in [2.05, 4.69) is 38.2 Å². The largest absolute Gasteiger partial charge is 0.524 e. The molecule has 0 aromatic rings. The summed E-state index contributed by atoms with van der Waals surface area (Å²) in [5.74, 6) is -0.572. The van der Waals surface area contributed by atoms with Crippen molar-refractivity contribution >= 4 is 35.2 Å². The molecule has 234 valence electrons. The molecule has 2 amide bonds. The Balaban J connectivity index is 1.13. The van der Waals surface area contributed by atoms with E-state index in [4.69, 9.17) is 16.3 Å². The molecular formula is C26H42ClF3N6O4S. The van der Waals surface area contributed by atoms with E-state index in [-0.39, 0.29) is 76.8 Å². The number of amides is 2. The average molecular weight is 627 g/mol. The van der Waals surface area contributed by atoms with Crippen LogP contribution in [0, 0.1) is 29.6 Å². The minimum absolute atomic E-state index is 0.00240. The number of hydrogen-bond acceptors (Lipinski definition) is 9. The Labute approximate surface area is 248 Å². The van der Waals surface area contributed by atoms with Crippen molar-refractivity contribution in [1.82, 2.24) is 31.5 Å². The number of thioether (sulfide) groups is 1. The maximum Gasteiger partial charge on any atom is 0.524 e. The molecule has 12 atom stereocenters. The zero-order valence-electron chi connectivity index (χ0n) is 23.6. The van der Waals surface area contributed by atoms with Gasteiger partial charge in [-0.1, -0.05) is 6.92 Å². The fourth-order valence-electron chi connectivity index (χ4n) is 7.31. The molecule has 5 aliphatic heterocycles. The van der Waals surface area contributed by atoms with Gasteiger partial charge in [-0.05, 0) is 43.9 Å². The molecule has 5 heterocycles. The topological polar surface area (TPSA) is 116 Å². The van der Waals surface area contributed by atoms with Gasteiger partial charge in [0.1, 0.15) is 11.7 Å². The van der Waals surface area contributed by atoms with Gasteiger partial charge in [-0.25, -0.2) is 0 Å². The first-order chi connectivity index (χ1) is 19.4. The van der Waals surface area contributed by atoms with Gasteiger partial charge in [0.05, 0.1) is 23.4 Å². The quantitative estimate of drug-likeness (QED) is 0.219. The molecule has 12 unspecified atom stereocenters. The summed E-state index contributed by atoms with van der Waals surface area (Å²) in [7, 11) is 1.71. The van der Waals surface area contributed by atoms with Crippen molar-refractivity contribution in [2.45, 2.75) is 80.1 Å². The van der Waals surface area contributed by atoms with Crippen molar-refractivity contribution in [2.75, 3.05) is 39.8 Å². The van der Waals surface area contributed by atoms with Gasteiger partial charge in [-0.15, -0.1) is 36.5 Å². The van der Waals surface area contributed by atoms with E-state index in [1.54, 1.807) is 30.7 Å². The Morgan fingerprint density at radius 2 is 1.76 bits per heavy atom. The third-order valence-corrected chi connectivity index (χ3v) is 11.2. The van der Waals surface area contributed by atoms with Crippen molar-refractivity contribution in [1.29, 1.82) is 0 Å². The lowest BCUT2D eigenvalue weighted by molar-refractivity contribution is -0.350. The number of rotatable bonds is 6. The number of fused-ring (bicyclic) bond motifs is 1. The maximum absolute atomic E-state index is 13.6. The van der Waals surface area contributed by atoms with Crippen LogP contribution >= 0.6 is 23.4 Å². The monoisotopic (exact) mass is 626 g/mol. The molecule has 0 aromatic heterocycles. The van der Waals surface area contributed by atoms with Crippen LogP contribution in [0.15, 0.2) is 0 Å². The fraction of sp³-hybridized carbons (Fsp3) is 0.923. The highest BCUT2D eigenvalue weighted by Crippen LogP contribution is 2.39.